The molecule has 0 aliphatic rings. The first-order valence-electron chi connectivity index (χ1n) is 3.75. The minimum absolute atomic E-state index is 0.0203. The first kappa shape index (κ1) is 10.9. The molecule has 1 aromatic carbocycles. The zero-order chi connectivity index (χ0) is 10.9. The van der Waals surface area contributed by atoms with Crippen molar-refractivity contribution < 1.29 is 14.4 Å². The molecule has 0 saturated heterocycles. The molecule has 0 amide bonds. The fraction of sp³-hybridized carbons (Fsp3) is 0.250. The number of aliphatic hydroxyl groups excluding tert-OH is 1. The minimum atomic E-state index is -1.00. The number of benzene rings is 1. The maximum absolute atomic E-state index is 13.0. The van der Waals surface area contributed by atoms with E-state index in [9.17, 15) is 14.5 Å². The first-order chi connectivity index (χ1) is 6.43. The van der Waals surface area contributed by atoms with Crippen LogP contribution in [0.25, 0.3) is 0 Å². The molecule has 1 unspecified atom stereocenters. The SMILES string of the molecule is CC(O)c1cc(F)c([N+](=O)[O-])cc1Cl. The Bertz CT molecular complexity index is 381. The Hall–Kier alpha value is -1.20. The molecule has 0 heterocycles. The lowest BCUT2D eigenvalue weighted by molar-refractivity contribution is -0.387. The zero-order valence-corrected chi connectivity index (χ0v) is 7.95. The van der Waals surface area contributed by atoms with Crippen LogP contribution in [0.1, 0.15) is 18.6 Å². The summed E-state index contributed by atoms with van der Waals surface area (Å²) in [5.74, 6) is -1.00. The monoisotopic (exact) mass is 219 g/mol. The summed E-state index contributed by atoms with van der Waals surface area (Å²) in [7, 11) is 0. The quantitative estimate of drug-likeness (QED) is 0.614. The van der Waals surface area contributed by atoms with Gasteiger partial charge >= 0.3 is 5.69 Å². The van der Waals surface area contributed by atoms with Crippen LogP contribution in [0.2, 0.25) is 5.02 Å². The molecule has 0 bridgehead atoms. The molecule has 0 spiro atoms. The predicted octanol–water partition coefficient (Wildman–Crippen LogP) is 2.44. The van der Waals surface area contributed by atoms with Crippen LogP contribution < -0.4 is 0 Å². The van der Waals surface area contributed by atoms with Crippen molar-refractivity contribution in [3.63, 3.8) is 0 Å². The predicted molar refractivity (Wildman–Crippen MR) is 48.7 cm³/mol. The van der Waals surface area contributed by atoms with Crippen molar-refractivity contribution in [1.29, 1.82) is 0 Å². The number of nitro groups is 1. The Morgan fingerprint density at radius 1 is 1.64 bits per heavy atom. The number of halogens is 2. The third kappa shape index (κ3) is 2.00. The summed E-state index contributed by atoms with van der Waals surface area (Å²) in [6.07, 6.45) is -0.960. The Labute approximate surface area is 84.1 Å². The van der Waals surface area contributed by atoms with E-state index in [0.717, 1.165) is 12.1 Å². The number of nitro benzene ring substituents is 1. The molecule has 0 saturated carbocycles. The van der Waals surface area contributed by atoms with Crippen molar-refractivity contribution in [3.8, 4) is 0 Å². The van der Waals surface area contributed by atoms with Crippen LogP contribution in [-0.4, -0.2) is 10.0 Å². The van der Waals surface area contributed by atoms with E-state index in [1.54, 1.807) is 0 Å². The molecule has 0 aliphatic heterocycles. The lowest BCUT2D eigenvalue weighted by Gasteiger charge is -2.06. The number of hydrogen-bond acceptors (Lipinski definition) is 3. The van der Waals surface area contributed by atoms with Gasteiger partial charge in [0.15, 0.2) is 0 Å². The van der Waals surface area contributed by atoms with E-state index in [4.69, 9.17) is 16.7 Å². The smallest absolute Gasteiger partial charge is 0.306 e. The molecule has 0 radical (unpaired) electrons. The van der Waals surface area contributed by atoms with Crippen LogP contribution >= 0.6 is 11.6 Å². The second kappa shape index (κ2) is 3.89. The highest BCUT2D eigenvalue weighted by atomic mass is 35.5. The lowest BCUT2D eigenvalue weighted by atomic mass is 10.1. The summed E-state index contributed by atoms with van der Waals surface area (Å²) in [5, 5.41) is 19.4. The van der Waals surface area contributed by atoms with Crippen LogP contribution in [0, 0.1) is 15.9 Å². The van der Waals surface area contributed by atoms with Gasteiger partial charge in [0.25, 0.3) is 0 Å². The molecule has 14 heavy (non-hydrogen) atoms. The molecule has 1 rings (SSSR count). The van der Waals surface area contributed by atoms with Gasteiger partial charge in [0, 0.05) is 11.6 Å². The third-order valence-electron chi connectivity index (χ3n) is 1.71. The van der Waals surface area contributed by atoms with Crippen molar-refractivity contribution >= 4 is 17.3 Å². The molecule has 6 heteroatoms. The standard InChI is InChI=1S/C8H7ClFNO3/c1-4(12)5-2-7(10)8(11(13)14)3-6(5)9/h2-4,12H,1H3. The van der Waals surface area contributed by atoms with Gasteiger partial charge in [-0.25, -0.2) is 0 Å². The van der Waals surface area contributed by atoms with Gasteiger partial charge < -0.3 is 5.11 Å². The third-order valence-corrected chi connectivity index (χ3v) is 2.04. The van der Waals surface area contributed by atoms with Gasteiger partial charge in [0.1, 0.15) is 0 Å². The molecule has 1 atom stereocenters. The van der Waals surface area contributed by atoms with Gasteiger partial charge in [-0.05, 0) is 13.0 Å². The average Bonchev–Trinajstić information content (AvgIpc) is 2.07. The minimum Gasteiger partial charge on any atom is -0.389 e. The summed E-state index contributed by atoms with van der Waals surface area (Å²) >= 11 is 5.61. The van der Waals surface area contributed by atoms with Gasteiger partial charge in [-0.3, -0.25) is 10.1 Å². The number of rotatable bonds is 2. The number of hydrogen-bond donors (Lipinski definition) is 1. The molecular formula is C8H7ClFNO3. The van der Waals surface area contributed by atoms with Crippen molar-refractivity contribution in [3.05, 3.63) is 38.7 Å². The van der Waals surface area contributed by atoms with Gasteiger partial charge in [-0.2, -0.15) is 4.39 Å². The molecular weight excluding hydrogens is 213 g/mol. The van der Waals surface area contributed by atoms with E-state index >= 15 is 0 Å². The van der Waals surface area contributed by atoms with Crippen molar-refractivity contribution in [2.24, 2.45) is 0 Å². The maximum atomic E-state index is 13.0. The Balaban J connectivity index is 3.31. The maximum Gasteiger partial charge on any atom is 0.306 e. The van der Waals surface area contributed by atoms with E-state index in [1.165, 1.54) is 6.92 Å². The summed E-state index contributed by atoms with van der Waals surface area (Å²) in [4.78, 5) is 9.43. The molecule has 4 nitrogen and oxygen atoms in total. The molecule has 0 aromatic heterocycles. The highest BCUT2D eigenvalue weighted by Gasteiger charge is 2.19. The summed E-state index contributed by atoms with van der Waals surface area (Å²) < 4.78 is 13.0. The van der Waals surface area contributed by atoms with Gasteiger partial charge in [-0.15, -0.1) is 0 Å². The van der Waals surface area contributed by atoms with E-state index in [2.05, 4.69) is 0 Å². The highest BCUT2D eigenvalue weighted by Crippen LogP contribution is 2.29. The second-order valence-electron chi connectivity index (χ2n) is 2.76. The molecule has 76 valence electrons. The number of aliphatic hydroxyl groups is 1. The second-order valence-corrected chi connectivity index (χ2v) is 3.17. The summed E-state index contributed by atoms with van der Waals surface area (Å²) in [6.45, 7) is 1.40. The van der Waals surface area contributed by atoms with Gasteiger partial charge in [0.2, 0.25) is 5.82 Å². The fourth-order valence-electron chi connectivity index (χ4n) is 1.01. The Morgan fingerprint density at radius 2 is 2.21 bits per heavy atom. The lowest BCUT2D eigenvalue weighted by Crippen LogP contribution is -1.98. The van der Waals surface area contributed by atoms with Crippen LogP contribution in [0.4, 0.5) is 10.1 Å². The van der Waals surface area contributed by atoms with Gasteiger partial charge in [-0.1, -0.05) is 11.6 Å². The molecule has 0 aliphatic carbocycles. The largest absolute Gasteiger partial charge is 0.389 e. The van der Waals surface area contributed by atoms with E-state index in [0.29, 0.717) is 0 Å². The van der Waals surface area contributed by atoms with Crippen LogP contribution in [-0.2, 0) is 0 Å². The summed E-state index contributed by atoms with van der Waals surface area (Å²) in [6, 6.07) is 1.75. The van der Waals surface area contributed by atoms with E-state index in [1.807, 2.05) is 0 Å². The normalized spacial score (nSPS) is 12.6. The van der Waals surface area contributed by atoms with Crippen LogP contribution in [0.5, 0.6) is 0 Å². The van der Waals surface area contributed by atoms with Crippen molar-refractivity contribution in [2.45, 2.75) is 13.0 Å². The molecule has 1 N–H and O–H groups in total. The zero-order valence-electron chi connectivity index (χ0n) is 7.20. The van der Waals surface area contributed by atoms with Crippen LogP contribution in [0.3, 0.4) is 0 Å². The van der Waals surface area contributed by atoms with Gasteiger partial charge in [0.05, 0.1) is 16.0 Å². The topological polar surface area (TPSA) is 63.4 Å². The van der Waals surface area contributed by atoms with E-state index < -0.39 is 22.5 Å². The first-order valence-corrected chi connectivity index (χ1v) is 4.12. The van der Waals surface area contributed by atoms with E-state index in [-0.39, 0.29) is 10.6 Å². The van der Waals surface area contributed by atoms with Crippen LogP contribution in [0.15, 0.2) is 12.1 Å². The highest BCUT2D eigenvalue weighted by molar-refractivity contribution is 6.31. The molecule has 0 fully saturated rings. The van der Waals surface area contributed by atoms with Crippen molar-refractivity contribution in [2.75, 3.05) is 0 Å². The summed E-state index contributed by atoms with van der Waals surface area (Å²) in [5.41, 5.74) is -0.561. The Morgan fingerprint density at radius 3 is 2.64 bits per heavy atom. The average molecular weight is 220 g/mol. The Kier molecular flexibility index (Phi) is 3.03. The molecule has 1 aromatic rings. The number of nitrogens with zero attached hydrogens (tertiary/aromatic N) is 1. The fourth-order valence-corrected chi connectivity index (χ4v) is 1.33. The van der Waals surface area contributed by atoms with Crippen molar-refractivity contribution in [1.82, 2.24) is 0 Å².